The van der Waals surface area contributed by atoms with Gasteiger partial charge >= 0.3 is 0 Å². The van der Waals surface area contributed by atoms with Gasteiger partial charge in [-0.15, -0.1) is 4.59 Å². The first-order valence-electron chi connectivity index (χ1n) is 3.73. The molecule has 0 saturated carbocycles. The normalized spacial score (nSPS) is 36.3. The molecule has 0 aromatic rings. The Bertz CT molecular complexity index is 255. The summed E-state index contributed by atoms with van der Waals surface area (Å²) < 4.78 is 0.655. The first kappa shape index (κ1) is 6.82. The van der Waals surface area contributed by atoms with E-state index in [-0.39, 0.29) is 0 Å². The molecule has 1 atom stereocenters. The largest absolute Gasteiger partial charge is 0.267 e. The third-order valence-corrected chi connectivity index (χ3v) is 2.04. The second kappa shape index (κ2) is 1.84. The van der Waals surface area contributed by atoms with Crippen LogP contribution in [0.2, 0.25) is 0 Å². The van der Waals surface area contributed by atoms with Crippen LogP contribution < -0.4 is 5.43 Å². The van der Waals surface area contributed by atoms with Crippen molar-refractivity contribution in [3.63, 3.8) is 0 Å². The summed E-state index contributed by atoms with van der Waals surface area (Å²) in [5.74, 6) is 1.17. The fourth-order valence-electron chi connectivity index (χ4n) is 1.66. The van der Waals surface area contributed by atoms with Crippen molar-refractivity contribution in [2.75, 3.05) is 20.8 Å². The molecule has 2 heterocycles. The minimum Gasteiger partial charge on any atom is -0.267 e. The first-order valence-corrected chi connectivity index (χ1v) is 3.73. The molecule has 2 aliphatic rings. The minimum atomic E-state index is 0.655. The fraction of sp³-hybridized carbons (Fsp3) is 0.571. The first-order chi connectivity index (χ1) is 5.10. The van der Waals surface area contributed by atoms with Crippen molar-refractivity contribution < 1.29 is 4.59 Å². The van der Waals surface area contributed by atoms with Gasteiger partial charge < -0.3 is 0 Å². The molecular weight excluding hydrogens is 140 g/mol. The number of nitrogens with one attached hydrogen (secondary N) is 1. The number of hydrogen-bond donors (Lipinski definition) is 1. The zero-order valence-electron chi connectivity index (χ0n) is 7.13. The highest BCUT2D eigenvalue weighted by Gasteiger charge is 2.41. The summed E-state index contributed by atoms with van der Waals surface area (Å²) in [5, 5.41) is 6.53. The number of fused-ring (bicyclic) bond motifs is 1. The number of nitrogens with zero attached hydrogens (tertiary/aromatic N) is 3. The molecule has 1 unspecified atom stereocenters. The zero-order valence-corrected chi connectivity index (χ0v) is 7.13. The van der Waals surface area contributed by atoms with E-state index in [0.29, 0.717) is 4.59 Å². The highest BCUT2D eigenvalue weighted by molar-refractivity contribution is 5.93. The zero-order chi connectivity index (χ0) is 8.06. The van der Waals surface area contributed by atoms with Crippen LogP contribution in [0.15, 0.2) is 17.0 Å². The lowest BCUT2D eigenvalue weighted by atomic mass is 10.4. The van der Waals surface area contributed by atoms with E-state index in [0.717, 1.165) is 12.4 Å². The molecule has 0 bridgehead atoms. The summed E-state index contributed by atoms with van der Waals surface area (Å²) in [6.45, 7) is 2.93. The number of allylic oxidation sites excluding steroid dienone is 1. The van der Waals surface area contributed by atoms with Crippen LogP contribution in [0.3, 0.4) is 0 Å². The fourth-order valence-corrected chi connectivity index (χ4v) is 1.66. The topological polar surface area (TPSA) is 27.6 Å². The molecule has 0 aliphatic carbocycles. The lowest BCUT2D eigenvalue weighted by molar-refractivity contribution is -0.873. The van der Waals surface area contributed by atoms with E-state index in [4.69, 9.17) is 0 Å². The summed E-state index contributed by atoms with van der Waals surface area (Å²) in [6, 6.07) is 0. The van der Waals surface area contributed by atoms with Gasteiger partial charge in [0.15, 0.2) is 6.67 Å². The molecule has 0 spiro atoms. The van der Waals surface area contributed by atoms with Crippen molar-refractivity contribution >= 4 is 5.71 Å². The number of quaternary nitrogens is 1. The van der Waals surface area contributed by atoms with Crippen LogP contribution in [-0.2, 0) is 0 Å². The van der Waals surface area contributed by atoms with Gasteiger partial charge in [-0.25, -0.2) is 0 Å². The molecule has 1 fully saturated rings. The highest BCUT2D eigenvalue weighted by atomic mass is 15.8. The van der Waals surface area contributed by atoms with Crippen molar-refractivity contribution in [2.45, 2.75) is 6.92 Å². The van der Waals surface area contributed by atoms with Crippen LogP contribution in [0.25, 0.3) is 0 Å². The predicted octanol–water partition coefficient (Wildman–Crippen LogP) is 0.0714. The second-order valence-corrected chi connectivity index (χ2v) is 3.36. The van der Waals surface area contributed by atoms with E-state index in [9.17, 15) is 0 Å². The quantitative estimate of drug-likeness (QED) is 0.499. The number of hydrazine groups is 1. The van der Waals surface area contributed by atoms with Crippen molar-refractivity contribution in [1.82, 2.24) is 10.4 Å². The van der Waals surface area contributed by atoms with Crippen LogP contribution in [0, 0.1) is 0 Å². The molecule has 0 amide bonds. The van der Waals surface area contributed by atoms with E-state index < -0.39 is 0 Å². The van der Waals surface area contributed by atoms with E-state index in [2.05, 4.69) is 23.7 Å². The van der Waals surface area contributed by atoms with Gasteiger partial charge in [-0.3, -0.25) is 5.43 Å². The molecule has 0 radical (unpaired) electrons. The Morgan fingerprint density at radius 1 is 1.73 bits per heavy atom. The monoisotopic (exact) mass is 153 g/mol. The Hall–Kier alpha value is -0.870. The van der Waals surface area contributed by atoms with Gasteiger partial charge in [0.25, 0.3) is 0 Å². The van der Waals surface area contributed by atoms with Gasteiger partial charge in [0.05, 0.1) is 0 Å². The summed E-state index contributed by atoms with van der Waals surface area (Å²) >= 11 is 0. The third-order valence-electron chi connectivity index (χ3n) is 2.04. The number of rotatable bonds is 0. The maximum Gasteiger partial charge on any atom is 0.245 e. The molecular formula is C7H13N4+. The standard InChI is InChI=1S/C7H13N4/c1-6-4-7-8-10(2)5-11(7,3)9-6/h4,8H,5H2,1-3H3/q+1. The Kier molecular flexibility index (Phi) is 1.14. The highest BCUT2D eigenvalue weighted by Crippen LogP contribution is 2.24. The summed E-state index contributed by atoms with van der Waals surface area (Å²) in [5.41, 5.74) is 4.34. The van der Waals surface area contributed by atoms with Crippen LogP contribution in [0.1, 0.15) is 6.92 Å². The lowest BCUT2D eigenvalue weighted by Crippen LogP contribution is -2.34. The van der Waals surface area contributed by atoms with E-state index in [1.165, 1.54) is 5.82 Å². The third kappa shape index (κ3) is 0.868. The van der Waals surface area contributed by atoms with Gasteiger partial charge in [-0.05, 0) is 6.92 Å². The van der Waals surface area contributed by atoms with Crippen LogP contribution in [0.4, 0.5) is 0 Å². The molecule has 4 heteroatoms. The Balaban J connectivity index is 2.35. The molecule has 1 saturated heterocycles. The Morgan fingerprint density at radius 2 is 2.45 bits per heavy atom. The van der Waals surface area contributed by atoms with E-state index in [1.54, 1.807) is 0 Å². The second-order valence-electron chi connectivity index (χ2n) is 3.36. The van der Waals surface area contributed by atoms with E-state index in [1.807, 2.05) is 19.0 Å². The van der Waals surface area contributed by atoms with Gasteiger partial charge in [-0.2, -0.15) is 5.01 Å². The Morgan fingerprint density at radius 3 is 3.09 bits per heavy atom. The molecule has 0 aromatic heterocycles. The summed E-state index contributed by atoms with van der Waals surface area (Å²) in [6.07, 6.45) is 2.09. The van der Waals surface area contributed by atoms with Crippen LogP contribution in [0.5, 0.6) is 0 Å². The molecule has 2 rings (SSSR count). The van der Waals surface area contributed by atoms with Crippen LogP contribution >= 0.6 is 0 Å². The minimum absolute atomic E-state index is 0.655. The van der Waals surface area contributed by atoms with Crippen molar-refractivity contribution in [3.8, 4) is 0 Å². The molecule has 2 aliphatic heterocycles. The average Bonchev–Trinajstić information content (AvgIpc) is 2.16. The molecule has 11 heavy (non-hydrogen) atoms. The van der Waals surface area contributed by atoms with Gasteiger partial charge in [-0.1, -0.05) is 5.10 Å². The van der Waals surface area contributed by atoms with Gasteiger partial charge in [0.2, 0.25) is 5.82 Å². The SMILES string of the molecule is CC1=N[N+]2(C)CN(C)NC2=C1. The van der Waals surface area contributed by atoms with Crippen molar-refractivity contribution in [1.29, 1.82) is 0 Å². The molecule has 4 nitrogen and oxygen atoms in total. The lowest BCUT2D eigenvalue weighted by Gasteiger charge is -2.16. The molecule has 60 valence electrons. The maximum absolute atomic E-state index is 4.49. The van der Waals surface area contributed by atoms with Crippen molar-refractivity contribution in [2.24, 2.45) is 5.10 Å². The number of hydrogen-bond acceptors (Lipinski definition) is 3. The van der Waals surface area contributed by atoms with Gasteiger partial charge in [0, 0.05) is 13.1 Å². The average molecular weight is 153 g/mol. The Labute approximate surface area is 66.3 Å². The van der Waals surface area contributed by atoms with E-state index >= 15 is 0 Å². The molecule has 0 aromatic carbocycles. The summed E-state index contributed by atoms with van der Waals surface area (Å²) in [7, 11) is 4.12. The van der Waals surface area contributed by atoms with Gasteiger partial charge in [0.1, 0.15) is 12.8 Å². The van der Waals surface area contributed by atoms with Crippen LogP contribution in [-0.4, -0.2) is 36.1 Å². The smallest absolute Gasteiger partial charge is 0.245 e. The molecule has 1 N–H and O–H groups in total. The predicted molar refractivity (Wildman–Crippen MR) is 43.1 cm³/mol. The maximum atomic E-state index is 4.49. The van der Waals surface area contributed by atoms with Crippen molar-refractivity contribution in [3.05, 3.63) is 11.9 Å². The summed E-state index contributed by atoms with van der Waals surface area (Å²) in [4.78, 5) is 0.